The summed E-state index contributed by atoms with van der Waals surface area (Å²) in [5, 5.41) is 3.39. The van der Waals surface area contributed by atoms with Crippen LogP contribution in [-0.2, 0) is 4.74 Å². The van der Waals surface area contributed by atoms with Gasteiger partial charge in [0.05, 0.1) is 22.3 Å². The molecule has 2 aromatic rings. The molecule has 0 amide bonds. The van der Waals surface area contributed by atoms with Crippen LogP contribution in [-0.4, -0.2) is 28.7 Å². The fourth-order valence-corrected chi connectivity index (χ4v) is 2.50. The van der Waals surface area contributed by atoms with Crippen LogP contribution in [0.2, 0.25) is 0 Å². The van der Waals surface area contributed by atoms with E-state index in [1.165, 1.54) is 0 Å². The second-order valence-corrected chi connectivity index (χ2v) is 5.40. The lowest BCUT2D eigenvalue weighted by atomic mass is 10.0. The third kappa shape index (κ3) is 2.54. The van der Waals surface area contributed by atoms with Crippen molar-refractivity contribution in [3.8, 4) is 0 Å². The van der Waals surface area contributed by atoms with Crippen molar-refractivity contribution in [1.29, 1.82) is 0 Å². The number of nitrogens with one attached hydrogen (secondary N) is 1. The van der Waals surface area contributed by atoms with Crippen LogP contribution < -0.4 is 5.32 Å². The molecule has 1 aromatic heterocycles. The predicted octanol–water partition coefficient (Wildman–Crippen LogP) is 2.92. The Hall–Kier alpha value is -1.68. The van der Waals surface area contributed by atoms with Crippen molar-refractivity contribution >= 4 is 16.9 Å². The minimum atomic E-state index is -0.0697. The van der Waals surface area contributed by atoms with Gasteiger partial charge in [0.1, 0.15) is 5.82 Å². The van der Waals surface area contributed by atoms with Gasteiger partial charge in [-0.1, -0.05) is 12.1 Å². The van der Waals surface area contributed by atoms with E-state index in [0.717, 1.165) is 48.5 Å². The topological polar surface area (TPSA) is 47.0 Å². The highest BCUT2D eigenvalue weighted by Gasteiger charge is 2.29. The van der Waals surface area contributed by atoms with Gasteiger partial charge in [-0.3, -0.25) is 0 Å². The van der Waals surface area contributed by atoms with E-state index in [1.54, 1.807) is 0 Å². The summed E-state index contributed by atoms with van der Waals surface area (Å²) in [7, 11) is 0. The molecule has 4 heteroatoms. The Bertz CT molecular complexity index is 591. The molecule has 1 aromatic carbocycles. The Labute approximate surface area is 113 Å². The van der Waals surface area contributed by atoms with Crippen LogP contribution in [0.5, 0.6) is 0 Å². The third-order valence-electron chi connectivity index (χ3n) is 3.68. The van der Waals surface area contributed by atoms with Gasteiger partial charge in [-0.15, -0.1) is 0 Å². The number of anilines is 1. The molecular formula is C15H19N3O. The minimum absolute atomic E-state index is 0.0697. The first-order chi connectivity index (χ1) is 9.16. The van der Waals surface area contributed by atoms with Gasteiger partial charge >= 0.3 is 0 Å². The maximum absolute atomic E-state index is 5.78. The number of para-hydroxylation sites is 2. The molecular weight excluding hydrogens is 238 g/mol. The summed E-state index contributed by atoms with van der Waals surface area (Å²) >= 11 is 0. The van der Waals surface area contributed by atoms with Crippen LogP contribution in [0.4, 0.5) is 5.82 Å². The maximum Gasteiger partial charge on any atom is 0.148 e. The highest BCUT2D eigenvalue weighted by atomic mass is 16.5. The highest BCUT2D eigenvalue weighted by Crippen LogP contribution is 2.25. The number of benzene rings is 1. The number of rotatable bonds is 3. The van der Waals surface area contributed by atoms with E-state index in [-0.39, 0.29) is 5.60 Å². The van der Waals surface area contributed by atoms with Gasteiger partial charge in [-0.2, -0.15) is 0 Å². The molecule has 1 N–H and O–H groups in total. The zero-order chi connectivity index (χ0) is 13.3. The second-order valence-electron chi connectivity index (χ2n) is 5.40. The van der Waals surface area contributed by atoms with Crippen molar-refractivity contribution in [2.45, 2.75) is 32.3 Å². The summed E-state index contributed by atoms with van der Waals surface area (Å²) in [5.74, 6) is 0.857. The van der Waals surface area contributed by atoms with Crippen molar-refractivity contribution in [2.75, 3.05) is 18.5 Å². The first kappa shape index (κ1) is 12.4. The van der Waals surface area contributed by atoms with Crippen LogP contribution in [0.15, 0.2) is 24.3 Å². The molecule has 2 heterocycles. The quantitative estimate of drug-likeness (QED) is 0.918. The van der Waals surface area contributed by atoms with Gasteiger partial charge in [0, 0.05) is 13.2 Å². The molecule has 19 heavy (non-hydrogen) atoms. The largest absolute Gasteiger partial charge is 0.373 e. The third-order valence-corrected chi connectivity index (χ3v) is 3.68. The fourth-order valence-electron chi connectivity index (χ4n) is 2.50. The van der Waals surface area contributed by atoms with Gasteiger partial charge in [0.25, 0.3) is 0 Å². The van der Waals surface area contributed by atoms with Gasteiger partial charge in [-0.05, 0) is 38.8 Å². The Kier molecular flexibility index (Phi) is 3.11. The Morgan fingerprint density at radius 3 is 2.68 bits per heavy atom. The summed E-state index contributed by atoms with van der Waals surface area (Å²) in [5.41, 5.74) is 2.72. The van der Waals surface area contributed by atoms with Crippen LogP contribution in [0.3, 0.4) is 0 Å². The number of aromatic nitrogens is 2. The first-order valence-electron chi connectivity index (χ1n) is 6.78. The van der Waals surface area contributed by atoms with E-state index < -0.39 is 0 Å². The summed E-state index contributed by atoms with van der Waals surface area (Å²) in [6.07, 6.45) is 2.24. The van der Waals surface area contributed by atoms with Crippen molar-refractivity contribution in [2.24, 2.45) is 0 Å². The Morgan fingerprint density at radius 2 is 2.00 bits per heavy atom. The lowest BCUT2D eigenvalue weighted by molar-refractivity contribution is 0.0314. The number of hydrogen-bond acceptors (Lipinski definition) is 4. The van der Waals surface area contributed by atoms with Gasteiger partial charge in [0.15, 0.2) is 0 Å². The van der Waals surface area contributed by atoms with E-state index in [1.807, 2.05) is 31.2 Å². The van der Waals surface area contributed by atoms with Crippen LogP contribution in [0.25, 0.3) is 11.0 Å². The van der Waals surface area contributed by atoms with Crippen LogP contribution >= 0.6 is 0 Å². The van der Waals surface area contributed by atoms with E-state index in [9.17, 15) is 0 Å². The molecule has 1 saturated heterocycles. The summed E-state index contributed by atoms with van der Waals surface area (Å²) < 4.78 is 5.78. The van der Waals surface area contributed by atoms with Crippen molar-refractivity contribution in [3.05, 3.63) is 30.0 Å². The lowest BCUT2D eigenvalue weighted by Gasteiger charge is -2.24. The average molecular weight is 257 g/mol. The van der Waals surface area contributed by atoms with E-state index in [2.05, 4.69) is 22.2 Å². The van der Waals surface area contributed by atoms with Gasteiger partial charge < -0.3 is 10.1 Å². The summed E-state index contributed by atoms with van der Waals surface area (Å²) in [6.45, 7) is 5.78. The monoisotopic (exact) mass is 257 g/mol. The van der Waals surface area contributed by atoms with E-state index in [4.69, 9.17) is 4.74 Å². The second kappa shape index (κ2) is 4.78. The Balaban J connectivity index is 1.82. The number of fused-ring (bicyclic) bond motifs is 1. The molecule has 1 atom stereocenters. The predicted molar refractivity (Wildman–Crippen MR) is 76.4 cm³/mol. The summed E-state index contributed by atoms with van der Waals surface area (Å²) in [6, 6.07) is 7.94. The average Bonchev–Trinajstić information content (AvgIpc) is 2.84. The zero-order valence-corrected chi connectivity index (χ0v) is 11.4. The van der Waals surface area contributed by atoms with Gasteiger partial charge in [0.2, 0.25) is 0 Å². The SMILES string of the molecule is Cc1nc2ccccc2nc1NCC1(C)CCCO1. The molecule has 4 nitrogen and oxygen atoms in total. The summed E-state index contributed by atoms with van der Waals surface area (Å²) in [4.78, 5) is 9.22. The molecule has 1 fully saturated rings. The van der Waals surface area contributed by atoms with Crippen molar-refractivity contribution < 1.29 is 4.74 Å². The number of nitrogens with zero attached hydrogens (tertiary/aromatic N) is 2. The number of hydrogen-bond donors (Lipinski definition) is 1. The van der Waals surface area contributed by atoms with E-state index >= 15 is 0 Å². The van der Waals surface area contributed by atoms with E-state index in [0.29, 0.717) is 0 Å². The zero-order valence-electron chi connectivity index (χ0n) is 11.4. The molecule has 100 valence electrons. The smallest absolute Gasteiger partial charge is 0.148 e. The standard InChI is InChI=1S/C15H19N3O/c1-11-14(16-10-15(2)8-5-9-19-15)18-13-7-4-3-6-12(13)17-11/h3-4,6-7H,5,8-10H2,1-2H3,(H,16,18). The van der Waals surface area contributed by atoms with Gasteiger partial charge in [-0.25, -0.2) is 9.97 Å². The first-order valence-corrected chi connectivity index (χ1v) is 6.78. The molecule has 0 saturated carbocycles. The molecule has 0 aliphatic carbocycles. The van der Waals surface area contributed by atoms with Crippen molar-refractivity contribution in [3.63, 3.8) is 0 Å². The molecule has 1 aliphatic rings. The molecule has 1 unspecified atom stereocenters. The highest BCUT2D eigenvalue weighted by molar-refractivity contribution is 5.76. The molecule has 0 bridgehead atoms. The normalized spacial score (nSPS) is 22.8. The molecule has 0 spiro atoms. The number of ether oxygens (including phenoxy) is 1. The number of aryl methyl sites for hydroxylation is 1. The van der Waals surface area contributed by atoms with Crippen LogP contribution in [0.1, 0.15) is 25.5 Å². The van der Waals surface area contributed by atoms with Crippen LogP contribution in [0, 0.1) is 6.92 Å². The maximum atomic E-state index is 5.78. The van der Waals surface area contributed by atoms with Crippen molar-refractivity contribution in [1.82, 2.24) is 9.97 Å². The Morgan fingerprint density at radius 1 is 1.26 bits per heavy atom. The molecule has 0 radical (unpaired) electrons. The fraction of sp³-hybridized carbons (Fsp3) is 0.467. The molecule has 1 aliphatic heterocycles. The lowest BCUT2D eigenvalue weighted by Crippen LogP contribution is -2.33. The minimum Gasteiger partial charge on any atom is -0.373 e. The molecule has 3 rings (SSSR count).